The number of aliphatic hydroxyl groups is 1. The van der Waals surface area contributed by atoms with Gasteiger partial charge in [-0.25, -0.2) is 0 Å². The molecule has 4 aromatic rings. The molecule has 1 amide bonds. The molecule has 2 heterocycles. The summed E-state index contributed by atoms with van der Waals surface area (Å²) in [7, 11) is 3.00. The van der Waals surface area contributed by atoms with Crippen molar-refractivity contribution < 1.29 is 28.7 Å². The van der Waals surface area contributed by atoms with Gasteiger partial charge in [0.15, 0.2) is 5.82 Å². The summed E-state index contributed by atoms with van der Waals surface area (Å²) in [5.41, 5.74) is 0.774. The Morgan fingerprint density at radius 1 is 0.971 bits per heavy atom. The van der Waals surface area contributed by atoms with Crippen molar-refractivity contribution in [2.24, 2.45) is 0 Å². The van der Waals surface area contributed by atoms with Gasteiger partial charge in [0.1, 0.15) is 29.1 Å². The number of carbonyl (C=O) groups excluding carboxylic acids is 2. The van der Waals surface area contributed by atoms with Crippen molar-refractivity contribution >= 4 is 34.0 Å². The van der Waals surface area contributed by atoms with Gasteiger partial charge >= 0.3 is 5.91 Å². The summed E-state index contributed by atoms with van der Waals surface area (Å²) in [6.45, 7) is 1.68. The lowest BCUT2D eigenvalue weighted by Crippen LogP contribution is -2.30. The second kappa shape index (κ2) is 8.64. The van der Waals surface area contributed by atoms with Crippen LogP contribution in [0.1, 0.15) is 22.9 Å². The monoisotopic (exact) mass is 470 g/mol. The van der Waals surface area contributed by atoms with Crippen LogP contribution in [0.25, 0.3) is 16.5 Å². The fourth-order valence-corrected chi connectivity index (χ4v) is 4.38. The van der Waals surface area contributed by atoms with E-state index in [1.807, 2.05) is 30.3 Å². The number of Topliss-reactive ketones (excluding diaryl/α,β-unsaturated/α-hetero) is 1. The molecular weight excluding hydrogens is 448 g/mol. The Morgan fingerprint density at radius 3 is 2.43 bits per heavy atom. The van der Waals surface area contributed by atoms with Gasteiger partial charge in [0.05, 0.1) is 19.8 Å². The van der Waals surface area contributed by atoms with Crippen molar-refractivity contribution in [3.05, 3.63) is 89.2 Å². The number of hydrogen-bond donors (Lipinski definition) is 1. The lowest BCUT2D eigenvalue weighted by molar-refractivity contribution is -0.132. The van der Waals surface area contributed by atoms with Gasteiger partial charge in [0.25, 0.3) is 5.78 Å². The van der Waals surface area contributed by atoms with Gasteiger partial charge in [-0.05, 0) is 42.0 Å². The first kappa shape index (κ1) is 22.2. The molecule has 176 valence electrons. The third-order valence-electron chi connectivity index (χ3n) is 6.06. The van der Waals surface area contributed by atoms with Crippen LogP contribution in [0, 0.1) is 6.92 Å². The SMILES string of the molecule is COc1ccc(OC)c(C2C(=C(O)c3ccc4ccccc4c3)C(=O)C(=O)N2c2cc(C)on2)c1. The zero-order valence-corrected chi connectivity index (χ0v) is 19.3. The number of ether oxygens (including phenoxy) is 2. The van der Waals surface area contributed by atoms with Crippen LogP contribution in [0.2, 0.25) is 0 Å². The van der Waals surface area contributed by atoms with Crippen LogP contribution in [0.4, 0.5) is 5.82 Å². The molecule has 8 nitrogen and oxygen atoms in total. The Bertz CT molecular complexity index is 1500. The molecule has 5 rings (SSSR count). The van der Waals surface area contributed by atoms with Crippen molar-refractivity contribution in [1.82, 2.24) is 5.16 Å². The molecule has 1 aromatic heterocycles. The number of aromatic nitrogens is 1. The van der Waals surface area contributed by atoms with Crippen molar-refractivity contribution in [1.29, 1.82) is 0 Å². The largest absolute Gasteiger partial charge is 0.507 e. The van der Waals surface area contributed by atoms with E-state index in [1.54, 1.807) is 43.3 Å². The predicted molar refractivity (Wildman–Crippen MR) is 130 cm³/mol. The van der Waals surface area contributed by atoms with Crippen molar-refractivity contribution in [2.45, 2.75) is 13.0 Å². The van der Waals surface area contributed by atoms with E-state index in [0.29, 0.717) is 28.4 Å². The van der Waals surface area contributed by atoms with E-state index in [0.717, 1.165) is 10.8 Å². The van der Waals surface area contributed by atoms with E-state index in [2.05, 4.69) is 5.16 Å². The summed E-state index contributed by atoms with van der Waals surface area (Å²) < 4.78 is 16.1. The number of methoxy groups -OCH3 is 2. The molecule has 8 heteroatoms. The second-order valence-electron chi connectivity index (χ2n) is 8.13. The predicted octanol–water partition coefficient (Wildman–Crippen LogP) is 4.78. The highest BCUT2D eigenvalue weighted by molar-refractivity contribution is 6.51. The molecule has 1 N–H and O–H groups in total. The molecule has 1 aliphatic rings. The Hall–Kier alpha value is -4.59. The van der Waals surface area contributed by atoms with Crippen molar-refractivity contribution in [3.63, 3.8) is 0 Å². The van der Waals surface area contributed by atoms with Crippen molar-refractivity contribution in [3.8, 4) is 11.5 Å². The number of carbonyl (C=O) groups is 2. The van der Waals surface area contributed by atoms with E-state index in [1.165, 1.54) is 19.1 Å². The Morgan fingerprint density at radius 2 is 1.74 bits per heavy atom. The Kier molecular flexibility index (Phi) is 5.49. The number of anilines is 1. The van der Waals surface area contributed by atoms with E-state index in [4.69, 9.17) is 14.0 Å². The van der Waals surface area contributed by atoms with Crippen LogP contribution in [0.3, 0.4) is 0 Å². The minimum Gasteiger partial charge on any atom is -0.507 e. The molecule has 1 unspecified atom stereocenters. The smallest absolute Gasteiger partial charge is 0.301 e. The van der Waals surface area contributed by atoms with Crippen LogP contribution in [-0.4, -0.2) is 36.2 Å². The first-order valence-electron chi connectivity index (χ1n) is 10.9. The number of hydrogen-bond acceptors (Lipinski definition) is 7. The summed E-state index contributed by atoms with van der Waals surface area (Å²) >= 11 is 0. The van der Waals surface area contributed by atoms with Gasteiger partial charge in [0.2, 0.25) is 0 Å². The lowest BCUT2D eigenvalue weighted by atomic mass is 9.93. The van der Waals surface area contributed by atoms with E-state index < -0.39 is 17.7 Å². The number of aliphatic hydroxyl groups excluding tert-OH is 1. The van der Waals surface area contributed by atoms with Crippen LogP contribution in [-0.2, 0) is 9.59 Å². The third-order valence-corrected chi connectivity index (χ3v) is 6.06. The molecule has 1 aliphatic heterocycles. The Labute approximate surface area is 201 Å². The van der Waals surface area contributed by atoms with Gasteiger partial charge in [-0.1, -0.05) is 41.6 Å². The van der Waals surface area contributed by atoms with Gasteiger partial charge in [0, 0.05) is 17.2 Å². The summed E-state index contributed by atoms with van der Waals surface area (Å²) in [5.74, 6) is -0.459. The molecule has 35 heavy (non-hydrogen) atoms. The number of benzene rings is 3. The molecular formula is C27H22N2O6. The minimum absolute atomic E-state index is 0.0857. The van der Waals surface area contributed by atoms with Crippen molar-refractivity contribution in [2.75, 3.05) is 19.1 Å². The van der Waals surface area contributed by atoms with Crippen LogP contribution >= 0.6 is 0 Å². The zero-order valence-electron chi connectivity index (χ0n) is 19.3. The highest BCUT2D eigenvalue weighted by Crippen LogP contribution is 2.45. The highest BCUT2D eigenvalue weighted by Gasteiger charge is 2.49. The number of amides is 1. The third kappa shape index (κ3) is 3.69. The molecule has 1 saturated heterocycles. The average Bonchev–Trinajstić information content (AvgIpc) is 3.42. The van der Waals surface area contributed by atoms with E-state index in [9.17, 15) is 14.7 Å². The van der Waals surface area contributed by atoms with E-state index in [-0.39, 0.29) is 17.2 Å². The summed E-state index contributed by atoms with van der Waals surface area (Å²) in [6, 6.07) is 18.6. The highest BCUT2D eigenvalue weighted by atomic mass is 16.5. The standard InChI is InChI=1S/C27H22N2O6/c1-15-12-22(28-35-15)29-24(20-14-19(33-2)10-11-21(20)34-3)23(26(31)27(29)32)25(30)18-9-8-16-6-4-5-7-17(16)13-18/h4-14,24,30H,1-3H3. The van der Waals surface area contributed by atoms with Crippen LogP contribution in [0.15, 0.2) is 76.8 Å². The summed E-state index contributed by atoms with van der Waals surface area (Å²) in [5, 5.41) is 17.3. The number of ketones is 1. The maximum atomic E-state index is 13.4. The Balaban J connectivity index is 1.78. The molecule has 0 bridgehead atoms. The molecule has 0 aliphatic carbocycles. The number of nitrogens with zero attached hydrogens (tertiary/aromatic N) is 2. The fourth-order valence-electron chi connectivity index (χ4n) is 4.38. The summed E-state index contributed by atoms with van der Waals surface area (Å²) in [6.07, 6.45) is 0. The number of aryl methyl sites for hydroxylation is 1. The molecule has 0 radical (unpaired) electrons. The maximum Gasteiger partial charge on any atom is 0.301 e. The average molecular weight is 470 g/mol. The number of rotatable bonds is 5. The zero-order chi connectivity index (χ0) is 24.7. The molecule has 1 atom stereocenters. The lowest BCUT2D eigenvalue weighted by Gasteiger charge is -2.24. The van der Waals surface area contributed by atoms with Gasteiger partial charge in [-0.15, -0.1) is 0 Å². The normalized spacial score (nSPS) is 17.2. The molecule has 1 fully saturated rings. The van der Waals surface area contributed by atoms with Crippen LogP contribution in [0.5, 0.6) is 11.5 Å². The first-order chi connectivity index (χ1) is 16.9. The first-order valence-corrected chi connectivity index (χ1v) is 10.9. The second-order valence-corrected chi connectivity index (χ2v) is 8.13. The van der Waals surface area contributed by atoms with Gasteiger partial charge in [-0.2, -0.15) is 0 Å². The molecule has 0 saturated carbocycles. The minimum atomic E-state index is -1.03. The van der Waals surface area contributed by atoms with Gasteiger partial charge in [-0.3, -0.25) is 14.5 Å². The fraction of sp³-hybridized carbons (Fsp3) is 0.148. The summed E-state index contributed by atoms with van der Waals surface area (Å²) in [4.78, 5) is 27.9. The number of fused-ring (bicyclic) bond motifs is 1. The maximum absolute atomic E-state index is 13.4. The van der Waals surface area contributed by atoms with Crippen LogP contribution < -0.4 is 14.4 Å². The van der Waals surface area contributed by atoms with Gasteiger partial charge < -0.3 is 19.1 Å². The van der Waals surface area contributed by atoms with E-state index >= 15 is 0 Å². The quantitative estimate of drug-likeness (QED) is 0.254. The topological polar surface area (TPSA) is 102 Å². The molecule has 0 spiro atoms. The molecule has 3 aromatic carbocycles.